The molecule has 0 fully saturated rings. The van der Waals surface area contributed by atoms with Crippen LogP contribution in [0.25, 0.3) is 0 Å². The van der Waals surface area contributed by atoms with E-state index in [0.29, 0.717) is 17.9 Å². The summed E-state index contributed by atoms with van der Waals surface area (Å²) in [6.07, 6.45) is 4.31. The number of hydrogen-bond donors (Lipinski definition) is 0. The van der Waals surface area contributed by atoms with Gasteiger partial charge in [0.15, 0.2) is 5.84 Å². The van der Waals surface area contributed by atoms with Gasteiger partial charge < -0.3 is 0 Å². The molecule has 0 saturated carbocycles. The average Bonchev–Trinajstić information content (AvgIpc) is 2.70. The lowest BCUT2D eigenvalue weighted by Gasteiger charge is -1.91. The molecule has 3 nitrogen and oxygen atoms in total. The Hall–Kier alpha value is -1.84. The number of rotatable bonds is 1. The van der Waals surface area contributed by atoms with Crippen molar-refractivity contribution in [3.05, 3.63) is 42.4 Å². The molecule has 0 saturated heterocycles. The highest BCUT2D eigenvalue weighted by Gasteiger charge is 1.98. The Morgan fingerprint density at radius 2 is 1.93 bits per heavy atom. The highest BCUT2D eigenvalue weighted by molar-refractivity contribution is 5.86. The first kappa shape index (κ1) is 8.74. The minimum Gasteiger partial charge on any atom is -0.239 e. The zero-order chi connectivity index (χ0) is 9.80. The smallest absolute Gasteiger partial charge is 0.154 e. The van der Waals surface area contributed by atoms with Gasteiger partial charge in [0.2, 0.25) is 0 Å². The third kappa shape index (κ3) is 2.10. The standard InChI is InChI=1S/C10H8FN3/c11-8-3-5-9(6-4-8)13-14-10-2-1-7-12-10/h1,3-7H,2H2. The minimum absolute atomic E-state index is 0.274. The number of nitrogens with zero attached hydrogens (tertiary/aromatic N) is 3. The van der Waals surface area contributed by atoms with Gasteiger partial charge in [0.1, 0.15) is 5.82 Å². The van der Waals surface area contributed by atoms with Crippen molar-refractivity contribution in [1.29, 1.82) is 0 Å². The lowest BCUT2D eigenvalue weighted by molar-refractivity contribution is 0.628. The van der Waals surface area contributed by atoms with Gasteiger partial charge in [0, 0.05) is 12.6 Å². The number of halogens is 1. The number of aliphatic imine (C=N–C) groups is 1. The highest BCUT2D eigenvalue weighted by atomic mass is 19.1. The largest absolute Gasteiger partial charge is 0.239 e. The maximum atomic E-state index is 12.5. The van der Waals surface area contributed by atoms with Crippen LogP contribution in [0, 0.1) is 5.82 Å². The van der Waals surface area contributed by atoms with E-state index in [2.05, 4.69) is 15.2 Å². The summed E-state index contributed by atoms with van der Waals surface area (Å²) in [6.45, 7) is 0. The van der Waals surface area contributed by atoms with E-state index in [1.807, 2.05) is 6.08 Å². The first-order valence-electron chi connectivity index (χ1n) is 4.23. The second-order valence-corrected chi connectivity index (χ2v) is 2.81. The molecule has 0 unspecified atom stereocenters. The van der Waals surface area contributed by atoms with E-state index in [9.17, 15) is 4.39 Å². The molecular weight excluding hydrogens is 181 g/mol. The Kier molecular flexibility index (Phi) is 2.44. The van der Waals surface area contributed by atoms with Crippen LogP contribution in [0.2, 0.25) is 0 Å². The summed E-state index contributed by atoms with van der Waals surface area (Å²) in [7, 11) is 0. The predicted molar refractivity (Wildman–Crippen MR) is 52.1 cm³/mol. The summed E-state index contributed by atoms with van der Waals surface area (Å²) in [4.78, 5) is 3.97. The first-order valence-corrected chi connectivity index (χ1v) is 4.23. The zero-order valence-corrected chi connectivity index (χ0v) is 7.39. The summed E-state index contributed by atoms with van der Waals surface area (Å²) < 4.78 is 12.5. The van der Waals surface area contributed by atoms with E-state index in [4.69, 9.17) is 0 Å². The third-order valence-corrected chi connectivity index (χ3v) is 1.74. The molecule has 0 radical (unpaired) electrons. The molecule has 0 aromatic heterocycles. The van der Waals surface area contributed by atoms with E-state index < -0.39 is 0 Å². The number of azo groups is 1. The number of hydrogen-bond acceptors (Lipinski definition) is 3. The predicted octanol–water partition coefficient (Wildman–Crippen LogP) is 3.23. The van der Waals surface area contributed by atoms with Crippen LogP contribution in [0.3, 0.4) is 0 Å². The molecule has 1 aromatic carbocycles. The quantitative estimate of drug-likeness (QED) is 0.608. The molecule has 1 aromatic rings. The van der Waals surface area contributed by atoms with Crippen molar-refractivity contribution in [2.24, 2.45) is 15.2 Å². The van der Waals surface area contributed by atoms with E-state index in [1.165, 1.54) is 12.1 Å². The molecule has 0 N–H and O–H groups in total. The van der Waals surface area contributed by atoms with Crippen molar-refractivity contribution in [2.45, 2.75) is 6.42 Å². The Morgan fingerprint density at radius 1 is 1.14 bits per heavy atom. The summed E-state index contributed by atoms with van der Waals surface area (Å²) in [5.74, 6) is 0.401. The molecule has 0 aliphatic carbocycles. The van der Waals surface area contributed by atoms with Crippen LogP contribution in [0.15, 0.2) is 51.8 Å². The van der Waals surface area contributed by atoms with Crippen molar-refractivity contribution < 1.29 is 4.39 Å². The Labute approximate surface area is 80.7 Å². The fraction of sp³-hybridized carbons (Fsp3) is 0.100. The third-order valence-electron chi connectivity index (χ3n) is 1.74. The van der Waals surface area contributed by atoms with Crippen LogP contribution in [0.4, 0.5) is 10.1 Å². The fourth-order valence-electron chi connectivity index (χ4n) is 1.04. The molecular formula is C10H8FN3. The van der Waals surface area contributed by atoms with Crippen molar-refractivity contribution in [3.8, 4) is 0 Å². The molecule has 4 heteroatoms. The molecule has 0 bridgehead atoms. The van der Waals surface area contributed by atoms with Gasteiger partial charge in [-0.2, -0.15) is 0 Å². The highest BCUT2D eigenvalue weighted by Crippen LogP contribution is 2.13. The van der Waals surface area contributed by atoms with Crippen LogP contribution < -0.4 is 0 Å². The molecule has 70 valence electrons. The van der Waals surface area contributed by atoms with E-state index >= 15 is 0 Å². The number of benzene rings is 1. The molecule has 14 heavy (non-hydrogen) atoms. The Balaban J connectivity index is 2.07. The summed E-state index contributed by atoms with van der Waals surface area (Å²) in [5.41, 5.74) is 0.626. The SMILES string of the molecule is Fc1ccc(N=NC2=NC=CC2)cc1. The van der Waals surface area contributed by atoms with Crippen molar-refractivity contribution in [2.75, 3.05) is 0 Å². The monoisotopic (exact) mass is 189 g/mol. The van der Waals surface area contributed by atoms with E-state index in [0.717, 1.165) is 0 Å². The van der Waals surface area contributed by atoms with E-state index in [1.54, 1.807) is 18.3 Å². The molecule has 1 aliphatic heterocycles. The van der Waals surface area contributed by atoms with E-state index in [-0.39, 0.29) is 5.82 Å². The van der Waals surface area contributed by atoms with Crippen molar-refractivity contribution >= 4 is 11.5 Å². The lowest BCUT2D eigenvalue weighted by Crippen LogP contribution is -1.83. The average molecular weight is 189 g/mol. The topological polar surface area (TPSA) is 37.1 Å². The Bertz CT molecular complexity index is 404. The van der Waals surface area contributed by atoms with Crippen LogP contribution in [-0.4, -0.2) is 5.84 Å². The van der Waals surface area contributed by atoms with Crippen molar-refractivity contribution in [3.63, 3.8) is 0 Å². The summed E-state index contributed by atoms with van der Waals surface area (Å²) in [5, 5.41) is 7.83. The minimum atomic E-state index is -0.274. The molecule has 0 spiro atoms. The normalized spacial score (nSPS) is 15.1. The zero-order valence-electron chi connectivity index (χ0n) is 7.39. The fourth-order valence-corrected chi connectivity index (χ4v) is 1.04. The summed E-state index contributed by atoms with van der Waals surface area (Å²) in [6, 6.07) is 5.84. The van der Waals surface area contributed by atoms with Gasteiger partial charge in [-0.1, -0.05) is 6.08 Å². The molecule has 0 atom stereocenters. The summed E-state index contributed by atoms with van der Waals surface area (Å²) >= 11 is 0. The second kappa shape index (κ2) is 3.91. The second-order valence-electron chi connectivity index (χ2n) is 2.81. The van der Waals surface area contributed by atoms with Gasteiger partial charge in [0.05, 0.1) is 5.69 Å². The van der Waals surface area contributed by atoms with Crippen molar-refractivity contribution in [1.82, 2.24) is 0 Å². The maximum Gasteiger partial charge on any atom is 0.154 e. The lowest BCUT2D eigenvalue weighted by atomic mass is 10.3. The van der Waals surface area contributed by atoms with Crippen LogP contribution in [0.5, 0.6) is 0 Å². The van der Waals surface area contributed by atoms with Crippen LogP contribution in [-0.2, 0) is 0 Å². The van der Waals surface area contributed by atoms with Gasteiger partial charge in [0.25, 0.3) is 0 Å². The van der Waals surface area contributed by atoms with Gasteiger partial charge in [-0.15, -0.1) is 10.2 Å². The van der Waals surface area contributed by atoms with Gasteiger partial charge in [-0.05, 0) is 24.3 Å². The van der Waals surface area contributed by atoms with Gasteiger partial charge in [-0.3, -0.25) is 0 Å². The molecule has 0 amide bonds. The van der Waals surface area contributed by atoms with Crippen LogP contribution >= 0.6 is 0 Å². The molecule has 1 aliphatic rings. The Morgan fingerprint density at radius 3 is 2.57 bits per heavy atom. The van der Waals surface area contributed by atoms with Gasteiger partial charge in [-0.25, -0.2) is 9.38 Å². The van der Waals surface area contributed by atoms with Gasteiger partial charge >= 0.3 is 0 Å². The molecule has 2 rings (SSSR count). The maximum absolute atomic E-state index is 12.5. The molecule has 1 heterocycles. The number of amidine groups is 1. The van der Waals surface area contributed by atoms with Crippen LogP contribution in [0.1, 0.15) is 6.42 Å². The first-order chi connectivity index (χ1) is 6.84.